The topological polar surface area (TPSA) is 63.4 Å². The van der Waals surface area contributed by atoms with Crippen molar-refractivity contribution in [3.05, 3.63) is 22.8 Å². The predicted molar refractivity (Wildman–Crippen MR) is 75.2 cm³/mol. The van der Waals surface area contributed by atoms with E-state index in [1.165, 1.54) is 4.31 Å². The number of nitrogens with zero attached hydrogens (tertiary/aromatic N) is 1. The van der Waals surface area contributed by atoms with Crippen LogP contribution < -0.4 is 5.73 Å². The maximum absolute atomic E-state index is 12.5. The number of anilines is 1. The molecular formula is C13H22N2O2S. The fraction of sp³-hybridized carbons (Fsp3) is 0.538. The first-order chi connectivity index (χ1) is 8.23. The van der Waals surface area contributed by atoms with E-state index in [9.17, 15) is 8.42 Å². The monoisotopic (exact) mass is 270 g/mol. The molecule has 0 fully saturated rings. The summed E-state index contributed by atoms with van der Waals surface area (Å²) in [6.07, 6.45) is 0.787. The zero-order valence-electron chi connectivity index (χ0n) is 11.7. The molecule has 0 aliphatic heterocycles. The quantitative estimate of drug-likeness (QED) is 0.853. The smallest absolute Gasteiger partial charge is 0.243 e. The van der Waals surface area contributed by atoms with E-state index >= 15 is 0 Å². The Balaban J connectivity index is 3.51. The predicted octanol–water partition coefficient (Wildman–Crippen LogP) is 2.22. The molecule has 0 amide bonds. The molecule has 0 bridgehead atoms. The lowest BCUT2D eigenvalue weighted by atomic mass is 10.1. The molecule has 0 unspecified atom stereocenters. The number of hydrogen-bond donors (Lipinski definition) is 1. The van der Waals surface area contributed by atoms with Gasteiger partial charge in [0.2, 0.25) is 10.0 Å². The standard InChI is InChI=1S/C13H22N2O2S/c1-6-7-15(5)18(16,17)13-10(3)9(2)8-12(14)11(13)4/h8H,6-7,14H2,1-5H3. The highest BCUT2D eigenvalue weighted by atomic mass is 32.2. The zero-order chi connectivity index (χ0) is 14.1. The van der Waals surface area contributed by atoms with Crippen LogP contribution in [-0.2, 0) is 10.0 Å². The first-order valence-corrected chi connectivity index (χ1v) is 7.50. The van der Waals surface area contributed by atoms with Gasteiger partial charge < -0.3 is 5.73 Å². The van der Waals surface area contributed by atoms with Crippen molar-refractivity contribution < 1.29 is 8.42 Å². The summed E-state index contributed by atoms with van der Waals surface area (Å²) >= 11 is 0. The van der Waals surface area contributed by atoms with Gasteiger partial charge in [-0.15, -0.1) is 0 Å². The highest BCUT2D eigenvalue weighted by Gasteiger charge is 2.26. The van der Waals surface area contributed by atoms with E-state index in [1.54, 1.807) is 14.0 Å². The van der Waals surface area contributed by atoms with Gasteiger partial charge in [-0.2, -0.15) is 0 Å². The van der Waals surface area contributed by atoms with Crippen LogP contribution in [0.5, 0.6) is 0 Å². The summed E-state index contributed by atoms with van der Waals surface area (Å²) < 4.78 is 26.5. The summed E-state index contributed by atoms with van der Waals surface area (Å²) in [6, 6.07) is 1.82. The van der Waals surface area contributed by atoms with Crippen molar-refractivity contribution in [3.63, 3.8) is 0 Å². The van der Waals surface area contributed by atoms with Gasteiger partial charge in [0.15, 0.2) is 0 Å². The van der Waals surface area contributed by atoms with Crippen molar-refractivity contribution >= 4 is 15.7 Å². The van der Waals surface area contributed by atoms with Crippen molar-refractivity contribution in [3.8, 4) is 0 Å². The fourth-order valence-corrected chi connectivity index (χ4v) is 3.81. The van der Waals surface area contributed by atoms with E-state index in [0.29, 0.717) is 22.7 Å². The molecule has 0 radical (unpaired) electrons. The van der Waals surface area contributed by atoms with Gasteiger partial charge in [-0.25, -0.2) is 12.7 Å². The van der Waals surface area contributed by atoms with Crippen molar-refractivity contribution in [1.82, 2.24) is 4.31 Å². The van der Waals surface area contributed by atoms with Gasteiger partial charge in [-0.3, -0.25) is 0 Å². The number of aryl methyl sites for hydroxylation is 1. The normalized spacial score (nSPS) is 12.1. The third-order valence-corrected chi connectivity index (χ3v) is 5.42. The second kappa shape index (κ2) is 5.28. The number of nitrogen functional groups attached to an aromatic ring is 1. The van der Waals surface area contributed by atoms with Crippen molar-refractivity contribution in [2.75, 3.05) is 19.3 Å². The van der Waals surface area contributed by atoms with Gasteiger partial charge in [0, 0.05) is 19.3 Å². The molecule has 0 aliphatic rings. The number of benzene rings is 1. The molecule has 102 valence electrons. The molecule has 0 heterocycles. The van der Waals surface area contributed by atoms with Crippen LogP contribution >= 0.6 is 0 Å². The lowest BCUT2D eigenvalue weighted by Gasteiger charge is -2.21. The molecular weight excluding hydrogens is 248 g/mol. The van der Waals surface area contributed by atoms with E-state index in [0.717, 1.165) is 17.5 Å². The molecule has 0 spiro atoms. The van der Waals surface area contributed by atoms with Crippen molar-refractivity contribution in [1.29, 1.82) is 0 Å². The van der Waals surface area contributed by atoms with Gasteiger partial charge in [0.1, 0.15) is 0 Å². The van der Waals surface area contributed by atoms with E-state index in [4.69, 9.17) is 5.73 Å². The van der Waals surface area contributed by atoms with Crippen LogP contribution in [0.1, 0.15) is 30.0 Å². The Labute approximate surface area is 110 Å². The summed E-state index contributed by atoms with van der Waals surface area (Å²) in [4.78, 5) is 0.357. The molecule has 0 aliphatic carbocycles. The minimum atomic E-state index is -3.45. The summed E-state index contributed by atoms with van der Waals surface area (Å²) in [6.45, 7) is 7.93. The van der Waals surface area contributed by atoms with E-state index < -0.39 is 10.0 Å². The molecule has 0 atom stereocenters. The number of rotatable bonds is 4. The van der Waals surface area contributed by atoms with Gasteiger partial charge in [0.05, 0.1) is 4.90 Å². The van der Waals surface area contributed by atoms with Crippen LogP contribution in [0, 0.1) is 20.8 Å². The summed E-state index contributed by atoms with van der Waals surface area (Å²) in [5, 5.41) is 0. The Bertz CT molecular complexity index is 524. The molecule has 18 heavy (non-hydrogen) atoms. The van der Waals surface area contributed by atoms with E-state index in [2.05, 4.69) is 0 Å². The van der Waals surface area contributed by atoms with Crippen LogP contribution in [0.3, 0.4) is 0 Å². The van der Waals surface area contributed by atoms with Gasteiger partial charge in [0.25, 0.3) is 0 Å². The van der Waals surface area contributed by atoms with E-state index in [1.807, 2.05) is 26.8 Å². The lowest BCUT2D eigenvalue weighted by molar-refractivity contribution is 0.467. The number of hydrogen-bond acceptors (Lipinski definition) is 3. The highest BCUT2D eigenvalue weighted by Crippen LogP contribution is 2.29. The summed E-state index contributed by atoms with van der Waals surface area (Å²) in [5.74, 6) is 0. The van der Waals surface area contributed by atoms with Crippen molar-refractivity contribution in [2.24, 2.45) is 0 Å². The number of sulfonamides is 1. The number of nitrogens with two attached hydrogens (primary N) is 1. The Morgan fingerprint density at radius 1 is 1.22 bits per heavy atom. The Kier molecular flexibility index (Phi) is 4.40. The molecule has 4 nitrogen and oxygen atoms in total. The molecule has 2 N–H and O–H groups in total. The zero-order valence-corrected chi connectivity index (χ0v) is 12.6. The molecule has 0 aromatic heterocycles. The van der Waals surface area contributed by atoms with Crippen LogP contribution in [0.4, 0.5) is 5.69 Å². The maximum atomic E-state index is 12.5. The third-order valence-electron chi connectivity index (χ3n) is 3.28. The molecule has 0 saturated heterocycles. The second-order valence-electron chi connectivity index (χ2n) is 4.69. The Morgan fingerprint density at radius 2 is 1.78 bits per heavy atom. The van der Waals surface area contributed by atoms with E-state index in [-0.39, 0.29) is 0 Å². The van der Waals surface area contributed by atoms with Crippen LogP contribution in [-0.4, -0.2) is 26.3 Å². The maximum Gasteiger partial charge on any atom is 0.243 e. The lowest BCUT2D eigenvalue weighted by Crippen LogP contribution is -2.29. The largest absolute Gasteiger partial charge is 0.398 e. The first kappa shape index (κ1) is 15.0. The molecule has 1 aromatic carbocycles. The molecule has 1 rings (SSSR count). The van der Waals surface area contributed by atoms with Gasteiger partial charge in [-0.1, -0.05) is 6.92 Å². The highest BCUT2D eigenvalue weighted by molar-refractivity contribution is 7.89. The average molecular weight is 270 g/mol. The minimum Gasteiger partial charge on any atom is -0.398 e. The summed E-state index contributed by atoms with van der Waals surface area (Å²) in [5.41, 5.74) is 8.73. The molecule has 1 aromatic rings. The van der Waals surface area contributed by atoms with Crippen LogP contribution in [0.2, 0.25) is 0 Å². The first-order valence-electron chi connectivity index (χ1n) is 6.06. The average Bonchev–Trinajstić information content (AvgIpc) is 2.26. The van der Waals surface area contributed by atoms with Gasteiger partial charge >= 0.3 is 0 Å². The third kappa shape index (κ3) is 2.52. The Hall–Kier alpha value is -1.07. The summed E-state index contributed by atoms with van der Waals surface area (Å²) in [7, 11) is -1.85. The molecule has 5 heteroatoms. The molecule has 0 saturated carbocycles. The SMILES string of the molecule is CCCN(C)S(=O)(=O)c1c(C)c(C)cc(N)c1C. The van der Waals surface area contributed by atoms with Crippen molar-refractivity contribution in [2.45, 2.75) is 39.0 Å². The Morgan fingerprint density at radius 3 is 2.28 bits per heavy atom. The van der Waals surface area contributed by atoms with Gasteiger partial charge in [-0.05, 0) is 49.9 Å². The minimum absolute atomic E-state index is 0.357. The fourth-order valence-electron chi connectivity index (χ4n) is 2.02. The van der Waals surface area contributed by atoms with Crippen LogP contribution in [0.25, 0.3) is 0 Å². The van der Waals surface area contributed by atoms with Crippen LogP contribution in [0.15, 0.2) is 11.0 Å². The second-order valence-corrected chi connectivity index (χ2v) is 6.67.